The summed E-state index contributed by atoms with van der Waals surface area (Å²) in [6.07, 6.45) is 4.59. The Morgan fingerprint density at radius 1 is 0.871 bits per heavy atom. The van der Waals surface area contributed by atoms with Gasteiger partial charge in [0.1, 0.15) is 0 Å². The van der Waals surface area contributed by atoms with Gasteiger partial charge in [-0.25, -0.2) is 0 Å². The Balaban J connectivity index is 1.12. The Labute approximate surface area is 186 Å². The van der Waals surface area contributed by atoms with Gasteiger partial charge in [-0.1, -0.05) is 54.6 Å². The molecule has 31 heavy (non-hydrogen) atoms. The summed E-state index contributed by atoms with van der Waals surface area (Å²) in [6.45, 7) is 7.24. The first-order valence-electron chi connectivity index (χ1n) is 12.0. The van der Waals surface area contributed by atoms with Gasteiger partial charge < -0.3 is 9.80 Å². The third kappa shape index (κ3) is 4.56. The summed E-state index contributed by atoms with van der Waals surface area (Å²) in [5, 5.41) is 0. The number of piperidine rings is 1. The fourth-order valence-electron chi connectivity index (χ4n) is 5.58. The van der Waals surface area contributed by atoms with E-state index in [0.717, 1.165) is 58.7 Å². The maximum Gasteiger partial charge on any atom is 0.226 e. The van der Waals surface area contributed by atoms with E-state index < -0.39 is 0 Å². The van der Waals surface area contributed by atoms with E-state index in [1.165, 1.54) is 29.5 Å². The smallest absolute Gasteiger partial charge is 0.226 e. The maximum absolute atomic E-state index is 13.1. The van der Waals surface area contributed by atoms with Crippen LogP contribution in [0.4, 0.5) is 0 Å². The minimum atomic E-state index is 0.295. The molecule has 2 saturated heterocycles. The number of carbonyl (C=O) groups is 1. The SMILES string of the molecule is CN1CCCN(C(=O)[C@@H]2CC23CCN(Cc2ccc(-c4ccccc4)cc2)CC3)CC1. The van der Waals surface area contributed by atoms with E-state index >= 15 is 0 Å². The normalized spacial score (nSPS) is 24.2. The fourth-order valence-corrected chi connectivity index (χ4v) is 5.58. The van der Waals surface area contributed by atoms with E-state index in [4.69, 9.17) is 0 Å². The molecule has 0 N–H and O–H groups in total. The number of hydrogen-bond acceptors (Lipinski definition) is 3. The van der Waals surface area contributed by atoms with Crippen molar-refractivity contribution in [1.82, 2.24) is 14.7 Å². The van der Waals surface area contributed by atoms with Gasteiger partial charge in [0.25, 0.3) is 0 Å². The second-order valence-corrected chi connectivity index (χ2v) is 9.94. The average Bonchev–Trinajstić information content (AvgIpc) is 3.55. The van der Waals surface area contributed by atoms with Gasteiger partial charge in [0, 0.05) is 32.1 Å². The van der Waals surface area contributed by atoms with Gasteiger partial charge in [-0.05, 0) is 74.5 Å². The van der Waals surface area contributed by atoms with E-state index in [1.54, 1.807) is 0 Å². The van der Waals surface area contributed by atoms with Gasteiger partial charge in [0.2, 0.25) is 5.91 Å². The Morgan fingerprint density at radius 3 is 2.32 bits per heavy atom. The number of hydrogen-bond donors (Lipinski definition) is 0. The summed E-state index contributed by atoms with van der Waals surface area (Å²) < 4.78 is 0. The van der Waals surface area contributed by atoms with Crippen molar-refractivity contribution in [3.05, 3.63) is 60.2 Å². The first-order chi connectivity index (χ1) is 15.1. The van der Waals surface area contributed by atoms with Crippen LogP contribution in [-0.4, -0.2) is 66.9 Å². The number of carbonyl (C=O) groups excluding carboxylic acids is 1. The molecule has 164 valence electrons. The predicted octanol–water partition coefficient (Wildman–Crippen LogP) is 4.12. The van der Waals surface area contributed by atoms with Crippen LogP contribution in [-0.2, 0) is 11.3 Å². The van der Waals surface area contributed by atoms with E-state index in [9.17, 15) is 4.79 Å². The van der Waals surface area contributed by atoms with Gasteiger partial charge in [0.15, 0.2) is 0 Å². The summed E-state index contributed by atoms with van der Waals surface area (Å²) in [4.78, 5) is 20.2. The molecule has 1 aliphatic carbocycles. The third-order valence-electron chi connectivity index (χ3n) is 7.84. The predicted molar refractivity (Wildman–Crippen MR) is 126 cm³/mol. The van der Waals surface area contributed by atoms with Crippen LogP contribution in [0, 0.1) is 11.3 Å². The molecular weight excluding hydrogens is 382 g/mol. The lowest BCUT2D eigenvalue weighted by Gasteiger charge is -2.33. The number of nitrogens with zero attached hydrogens (tertiary/aromatic N) is 3. The molecule has 4 heteroatoms. The highest BCUT2D eigenvalue weighted by atomic mass is 16.2. The molecule has 3 aliphatic rings. The van der Waals surface area contributed by atoms with Crippen LogP contribution < -0.4 is 0 Å². The summed E-state index contributed by atoms with van der Waals surface area (Å²) in [5.41, 5.74) is 4.24. The number of amides is 1. The van der Waals surface area contributed by atoms with Crippen molar-refractivity contribution >= 4 is 5.91 Å². The lowest BCUT2D eigenvalue weighted by Crippen LogP contribution is -2.39. The van der Waals surface area contributed by atoms with Crippen molar-refractivity contribution in [3.63, 3.8) is 0 Å². The largest absolute Gasteiger partial charge is 0.341 e. The molecule has 0 aromatic heterocycles. The number of likely N-dealkylation sites (N-methyl/N-ethyl adjacent to an activating group) is 1. The summed E-state index contributed by atoms with van der Waals surface area (Å²) in [7, 11) is 2.16. The fraction of sp³-hybridized carbons (Fsp3) is 0.519. The Bertz CT molecular complexity index is 886. The molecule has 1 saturated carbocycles. The zero-order valence-electron chi connectivity index (χ0n) is 18.8. The molecule has 4 nitrogen and oxygen atoms in total. The molecule has 2 heterocycles. The van der Waals surface area contributed by atoms with Crippen molar-refractivity contribution in [2.24, 2.45) is 11.3 Å². The van der Waals surface area contributed by atoms with Crippen LogP contribution >= 0.6 is 0 Å². The van der Waals surface area contributed by atoms with Crippen LogP contribution in [0.5, 0.6) is 0 Å². The van der Waals surface area contributed by atoms with Crippen LogP contribution in [0.2, 0.25) is 0 Å². The summed E-state index contributed by atoms with van der Waals surface area (Å²) in [6, 6.07) is 19.6. The zero-order valence-corrected chi connectivity index (χ0v) is 18.8. The lowest BCUT2D eigenvalue weighted by atomic mass is 9.90. The van der Waals surface area contributed by atoms with E-state index in [1.807, 2.05) is 0 Å². The average molecular weight is 418 g/mol. The van der Waals surface area contributed by atoms with Crippen LogP contribution in [0.3, 0.4) is 0 Å². The van der Waals surface area contributed by atoms with E-state index in [-0.39, 0.29) is 0 Å². The van der Waals surface area contributed by atoms with Gasteiger partial charge in [-0.2, -0.15) is 0 Å². The van der Waals surface area contributed by atoms with Crippen LogP contribution in [0.1, 0.15) is 31.2 Å². The molecule has 0 bridgehead atoms. The van der Waals surface area contributed by atoms with Gasteiger partial charge >= 0.3 is 0 Å². The highest BCUT2D eigenvalue weighted by Crippen LogP contribution is 2.60. The van der Waals surface area contributed by atoms with Crippen molar-refractivity contribution in [3.8, 4) is 11.1 Å². The Morgan fingerprint density at radius 2 is 1.58 bits per heavy atom. The van der Waals surface area contributed by atoms with Crippen molar-refractivity contribution in [1.29, 1.82) is 0 Å². The minimum Gasteiger partial charge on any atom is -0.341 e. The summed E-state index contributed by atoms with van der Waals surface area (Å²) >= 11 is 0. The molecule has 3 fully saturated rings. The van der Waals surface area contributed by atoms with Crippen LogP contribution in [0.25, 0.3) is 11.1 Å². The van der Waals surface area contributed by atoms with Gasteiger partial charge in [-0.3, -0.25) is 9.69 Å². The zero-order chi connectivity index (χ0) is 21.3. The topological polar surface area (TPSA) is 26.8 Å². The Hall–Kier alpha value is -2.17. The van der Waals surface area contributed by atoms with E-state index in [2.05, 4.69) is 76.3 Å². The summed E-state index contributed by atoms with van der Waals surface area (Å²) in [5.74, 6) is 0.739. The molecule has 0 unspecified atom stereocenters. The number of benzene rings is 2. The third-order valence-corrected chi connectivity index (χ3v) is 7.84. The molecule has 1 amide bonds. The number of rotatable bonds is 4. The van der Waals surface area contributed by atoms with Gasteiger partial charge in [-0.15, -0.1) is 0 Å². The van der Waals surface area contributed by atoms with Crippen LogP contribution in [0.15, 0.2) is 54.6 Å². The molecule has 5 rings (SSSR count). The molecule has 1 spiro atoms. The molecule has 0 radical (unpaired) electrons. The first kappa shape index (κ1) is 20.7. The second-order valence-electron chi connectivity index (χ2n) is 9.94. The molecule has 2 aromatic carbocycles. The molecule has 1 atom stereocenters. The van der Waals surface area contributed by atoms with Crippen molar-refractivity contribution in [2.75, 3.05) is 46.3 Å². The highest BCUT2D eigenvalue weighted by molar-refractivity contribution is 5.82. The first-order valence-corrected chi connectivity index (χ1v) is 12.0. The molecule has 2 aromatic rings. The Kier molecular flexibility index (Phi) is 5.85. The lowest BCUT2D eigenvalue weighted by molar-refractivity contribution is -0.133. The maximum atomic E-state index is 13.1. The van der Waals surface area contributed by atoms with Crippen molar-refractivity contribution < 1.29 is 4.79 Å². The standard InChI is InChI=1S/C27H35N3O/c1-28-14-5-15-30(19-18-28)26(31)25-20-27(25)12-16-29(17-13-27)21-22-8-10-24(11-9-22)23-6-3-2-4-7-23/h2-4,6-11,25H,5,12-21H2,1H3/t25-/m0/s1. The minimum absolute atomic E-state index is 0.295. The quantitative estimate of drug-likeness (QED) is 0.749. The highest BCUT2D eigenvalue weighted by Gasteiger charge is 2.59. The number of likely N-dealkylation sites (tertiary alicyclic amines) is 1. The monoisotopic (exact) mass is 417 g/mol. The molecular formula is C27H35N3O. The second kappa shape index (κ2) is 8.76. The van der Waals surface area contributed by atoms with E-state index in [0.29, 0.717) is 17.2 Å². The molecule has 2 aliphatic heterocycles. The van der Waals surface area contributed by atoms with Gasteiger partial charge in [0.05, 0.1) is 0 Å². The van der Waals surface area contributed by atoms with Crippen molar-refractivity contribution in [2.45, 2.75) is 32.2 Å².